The van der Waals surface area contributed by atoms with Gasteiger partial charge in [-0.15, -0.1) is 0 Å². The molecular formula is C15H22O. The molecule has 0 amide bonds. The normalized spacial score (nSPS) is 34.6. The molecule has 1 heteroatoms. The van der Waals surface area contributed by atoms with E-state index < -0.39 is 0 Å². The molecule has 3 atom stereocenters. The van der Waals surface area contributed by atoms with E-state index in [0.29, 0.717) is 17.8 Å². The molecule has 0 aromatic heterocycles. The summed E-state index contributed by atoms with van der Waals surface area (Å²) in [5, 5.41) is 0. The van der Waals surface area contributed by atoms with Crippen LogP contribution >= 0.6 is 0 Å². The number of aldehydes is 1. The lowest BCUT2D eigenvalue weighted by molar-refractivity contribution is -0.105. The lowest BCUT2D eigenvalue weighted by Crippen LogP contribution is -2.33. The summed E-state index contributed by atoms with van der Waals surface area (Å²) in [6, 6.07) is 0. The molecule has 0 heterocycles. The van der Waals surface area contributed by atoms with E-state index in [0.717, 1.165) is 30.6 Å². The van der Waals surface area contributed by atoms with Crippen LogP contribution in [0.2, 0.25) is 0 Å². The first-order valence-electron chi connectivity index (χ1n) is 6.47. The van der Waals surface area contributed by atoms with Crippen molar-refractivity contribution < 1.29 is 4.79 Å². The Labute approximate surface area is 98.6 Å². The Morgan fingerprint density at radius 2 is 2.12 bits per heavy atom. The van der Waals surface area contributed by atoms with Gasteiger partial charge in [-0.3, -0.25) is 4.79 Å². The Morgan fingerprint density at radius 3 is 2.75 bits per heavy atom. The first-order chi connectivity index (χ1) is 7.63. The van der Waals surface area contributed by atoms with Gasteiger partial charge in [0.25, 0.3) is 0 Å². The molecule has 1 saturated carbocycles. The van der Waals surface area contributed by atoms with Gasteiger partial charge in [-0.1, -0.05) is 32.1 Å². The van der Waals surface area contributed by atoms with Crippen molar-refractivity contribution in [1.29, 1.82) is 0 Å². The van der Waals surface area contributed by atoms with Crippen LogP contribution in [0.25, 0.3) is 0 Å². The molecule has 0 aliphatic heterocycles. The van der Waals surface area contributed by atoms with E-state index in [1.165, 1.54) is 18.4 Å². The fraction of sp³-hybridized carbons (Fsp3) is 0.667. The molecule has 16 heavy (non-hydrogen) atoms. The Hall–Kier alpha value is -0.850. The predicted octanol–water partition coefficient (Wildman–Crippen LogP) is 3.76. The fourth-order valence-corrected chi connectivity index (χ4v) is 3.47. The Balaban J connectivity index is 2.27. The van der Waals surface area contributed by atoms with Gasteiger partial charge in [0.05, 0.1) is 0 Å². The Morgan fingerprint density at radius 1 is 1.38 bits per heavy atom. The van der Waals surface area contributed by atoms with Crippen LogP contribution in [0.4, 0.5) is 0 Å². The highest BCUT2D eigenvalue weighted by molar-refractivity contribution is 5.73. The van der Waals surface area contributed by atoms with Crippen LogP contribution in [-0.2, 0) is 4.79 Å². The van der Waals surface area contributed by atoms with Gasteiger partial charge in [0.2, 0.25) is 0 Å². The summed E-state index contributed by atoms with van der Waals surface area (Å²) in [6.45, 7) is 8.83. The van der Waals surface area contributed by atoms with Crippen molar-refractivity contribution in [2.45, 2.75) is 39.5 Å². The summed E-state index contributed by atoms with van der Waals surface area (Å²) in [7, 11) is 0. The van der Waals surface area contributed by atoms with E-state index in [4.69, 9.17) is 0 Å². The minimum absolute atomic E-state index is 0.579. The van der Waals surface area contributed by atoms with Gasteiger partial charge in [-0.05, 0) is 54.9 Å². The van der Waals surface area contributed by atoms with Crippen LogP contribution in [0.1, 0.15) is 39.5 Å². The summed E-state index contributed by atoms with van der Waals surface area (Å²) in [5.74, 6) is 2.67. The molecule has 88 valence electrons. The Kier molecular flexibility index (Phi) is 3.32. The molecule has 2 aliphatic rings. The maximum Gasteiger partial charge on any atom is 0.145 e. The zero-order chi connectivity index (χ0) is 11.7. The van der Waals surface area contributed by atoms with E-state index in [2.05, 4.69) is 26.5 Å². The maximum atomic E-state index is 10.9. The van der Waals surface area contributed by atoms with Gasteiger partial charge < -0.3 is 0 Å². The topological polar surface area (TPSA) is 17.1 Å². The molecule has 0 saturated heterocycles. The quantitative estimate of drug-likeness (QED) is 0.509. The molecule has 0 aromatic carbocycles. The lowest BCUT2D eigenvalue weighted by Gasteiger charge is -2.42. The second kappa shape index (κ2) is 4.57. The second-order valence-electron chi connectivity index (χ2n) is 5.69. The molecule has 0 bridgehead atoms. The van der Waals surface area contributed by atoms with Gasteiger partial charge in [0, 0.05) is 0 Å². The SMILES string of the molecule is C=C1CC[C@@H](C(C)C)[C@@H]2C=C(C=O)CC[C@@H]12. The van der Waals surface area contributed by atoms with Crippen LogP contribution in [0, 0.1) is 23.7 Å². The van der Waals surface area contributed by atoms with Crippen molar-refractivity contribution in [1.82, 2.24) is 0 Å². The highest BCUT2D eigenvalue weighted by Gasteiger charge is 2.37. The highest BCUT2D eigenvalue weighted by atomic mass is 16.1. The molecule has 0 spiro atoms. The van der Waals surface area contributed by atoms with E-state index >= 15 is 0 Å². The van der Waals surface area contributed by atoms with Crippen LogP contribution in [0.15, 0.2) is 23.8 Å². The molecule has 2 aliphatic carbocycles. The zero-order valence-electron chi connectivity index (χ0n) is 10.4. The van der Waals surface area contributed by atoms with Crippen LogP contribution in [0.5, 0.6) is 0 Å². The predicted molar refractivity (Wildman–Crippen MR) is 67.1 cm³/mol. The zero-order valence-corrected chi connectivity index (χ0v) is 10.4. The summed E-state index contributed by atoms with van der Waals surface area (Å²) in [4.78, 5) is 10.9. The van der Waals surface area contributed by atoms with E-state index in [-0.39, 0.29) is 0 Å². The number of hydrogen-bond acceptors (Lipinski definition) is 1. The summed E-state index contributed by atoms with van der Waals surface area (Å²) in [5.41, 5.74) is 2.43. The van der Waals surface area contributed by atoms with Crippen molar-refractivity contribution in [2.75, 3.05) is 0 Å². The van der Waals surface area contributed by atoms with E-state index in [1.54, 1.807) is 0 Å². The third kappa shape index (κ3) is 2.00. The van der Waals surface area contributed by atoms with Gasteiger partial charge in [0.15, 0.2) is 0 Å². The van der Waals surface area contributed by atoms with Gasteiger partial charge in [-0.25, -0.2) is 0 Å². The van der Waals surface area contributed by atoms with Crippen molar-refractivity contribution in [2.24, 2.45) is 23.7 Å². The van der Waals surface area contributed by atoms with Crippen LogP contribution < -0.4 is 0 Å². The number of carbonyl (C=O) groups excluding carboxylic acids is 1. The summed E-state index contributed by atoms with van der Waals surface area (Å²) in [6.07, 6.45) is 7.82. The van der Waals surface area contributed by atoms with Crippen molar-refractivity contribution in [3.05, 3.63) is 23.8 Å². The average molecular weight is 218 g/mol. The first kappa shape index (κ1) is 11.6. The first-order valence-corrected chi connectivity index (χ1v) is 6.47. The van der Waals surface area contributed by atoms with E-state index in [1.807, 2.05) is 0 Å². The third-order valence-corrected chi connectivity index (χ3v) is 4.44. The molecule has 0 aromatic rings. The smallest absolute Gasteiger partial charge is 0.145 e. The molecule has 1 fully saturated rings. The minimum atomic E-state index is 0.579. The van der Waals surface area contributed by atoms with Crippen molar-refractivity contribution >= 4 is 6.29 Å². The van der Waals surface area contributed by atoms with Crippen LogP contribution in [0.3, 0.4) is 0 Å². The van der Waals surface area contributed by atoms with Crippen molar-refractivity contribution in [3.8, 4) is 0 Å². The monoisotopic (exact) mass is 218 g/mol. The highest BCUT2D eigenvalue weighted by Crippen LogP contribution is 2.46. The number of rotatable bonds is 2. The Bertz CT molecular complexity index is 324. The third-order valence-electron chi connectivity index (χ3n) is 4.44. The van der Waals surface area contributed by atoms with Gasteiger partial charge in [0.1, 0.15) is 6.29 Å². The molecule has 2 rings (SSSR count). The molecule has 0 unspecified atom stereocenters. The van der Waals surface area contributed by atoms with Gasteiger partial charge in [-0.2, -0.15) is 0 Å². The lowest BCUT2D eigenvalue weighted by atomic mass is 9.62. The molecule has 1 nitrogen and oxygen atoms in total. The fourth-order valence-electron chi connectivity index (χ4n) is 3.47. The summed E-state index contributed by atoms with van der Waals surface area (Å²) < 4.78 is 0. The van der Waals surface area contributed by atoms with Gasteiger partial charge >= 0.3 is 0 Å². The molecule has 0 N–H and O–H groups in total. The number of hydrogen-bond donors (Lipinski definition) is 0. The minimum Gasteiger partial charge on any atom is -0.298 e. The standard InChI is InChI=1S/C15H22O/c1-10(2)13-6-4-11(3)14-7-5-12(9-16)8-15(13)14/h8-10,13-15H,3-7H2,1-2H3/t13-,14-,15-/m0/s1. The largest absolute Gasteiger partial charge is 0.298 e. The molecular weight excluding hydrogens is 196 g/mol. The number of allylic oxidation sites excluding steroid dienone is 3. The van der Waals surface area contributed by atoms with Crippen molar-refractivity contribution in [3.63, 3.8) is 0 Å². The van der Waals surface area contributed by atoms with E-state index in [9.17, 15) is 4.79 Å². The second-order valence-corrected chi connectivity index (χ2v) is 5.69. The summed E-state index contributed by atoms with van der Waals surface area (Å²) >= 11 is 0. The average Bonchev–Trinajstić information content (AvgIpc) is 2.28. The molecule has 0 radical (unpaired) electrons. The maximum absolute atomic E-state index is 10.9. The number of fused-ring (bicyclic) bond motifs is 1. The van der Waals surface area contributed by atoms with Crippen LogP contribution in [-0.4, -0.2) is 6.29 Å². The number of carbonyl (C=O) groups is 1.